The molecule has 0 bridgehead atoms. The summed E-state index contributed by atoms with van der Waals surface area (Å²) in [5.41, 5.74) is 1.23. The van der Waals surface area contributed by atoms with E-state index in [0.29, 0.717) is 6.04 Å². The van der Waals surface area contributed by atoms with E-state index in [-0.39, 0.29) is 5.69 Å². The van der Waals surface area contributed by atoms with Crippen LogP contribution in [0.3, 0.4) is 0 Å². The van der Waals surface area contributed by atoms with Crippen LogP contribution in [0.1, 0.15) is 67.6 Å². The minimum atomic E-state index is -0.882. The Balaban J connectivity index is 2.50. The molecule has 4 heteroatoms. The highest BCUT2D eigenvalue weighted by Crippen LogP contribution is 2.31. The number of fused-ring (bicyclic) bond motifs is 1. The standard InChI is InChI=1S/C13H20N2O2/c1-3-6-11-14-12(13(16)17)10-8-5-7-9(4-2)15(10)11/h9H,3-8H2,1-2H3,(H,16,17). The maximum atomic E-state index is 11.2. The van der Waals surface area contributed by atoms with Gasteiger partial charge in [-0.15, -0.1) is 0 Å². The molecule has 1 aliphatic heterocycles. The first kappa shape index (κ1) is 12.1. The van der Waals surface area contributed by atoms with E-state index in [4.69, 9.17) is 0 Å². The van der Waals surface area contributed by atoms with Crippen LogP contribution < -0.4 is 0 Å². The van der Waals surface area contributed by atoms with Crippen LogP contribution in [-0.4, -0.2) is 20.6 Å². The van der Waals surface area contributed by atoms with Crippen LogP contribution in [0.2, 0.25) is 0 Å². The van der Waals surface area contributed by atoms with Crippen molar-refractivity contribution in [2.24, 2.45) is 0 Å². The van der Waals surface area contributed by atoms with E-state index in [0.717, 1.165) is 50.0 Å². The van der Waals surface area contributed by atoms with Crippen LogP contribution in [0.5, 0.6) is 0 Å². The highest BCUT2D eigenvalue weighted by atomic mass is 16.4. The topological polar surface area (TPSA) is 55.1 Å². The molecule has 1 aromatic heterocycles. The monoisotopic (exact) mass is 236 g/mol. The molecule has 2 rings (SSSR count). The molecule has 1 atom stereocenters. The summed E-state index contributed by atoms with van der Waals surface area (Å²) in [6, 6.07) is 0.445. The first-order valence-electron chi connectivity index (χ1n) is 6.52. The van der Waals surface area contributed by atoms with Gasteiger partial charge in [-0.3, -0.25) is 0 Å². The number of rotatable bonds is 4. The van der Waals surface area contributed by atoms with Gasteiger partial charge >= 0.3 is 5.97 Å². The first-order valence-corrected chi connectivity index (χ1v) is 6.52. The summed E-state index contributed by atoms with van der Waals surface area (Å²) in [6.45, 7) is 4.27. The van der Waals surface area contributed by atoms with E-state index >= 15 is 0 Å². The molecule has 1 unspecified atom stereocenters. The molecule has 0 aliphatic carbocycles. The van der Waals surface area contributed by atoms with Gasteiger partial charge in [0, 0.05) is 12.5 Å². The summed E-state index contributed by atoms with van der Waals surface area (Å²) in [6.07, 6.45) is 6.02. The minimum Gasteiger partial charge on any atom is -0.476 e. The van der Waals surface area contributed by atoms with Crippen LogP contribution >= 0.6 is 0 Å². The Bertz CT molecular complexity index is 423. The molecule has 0 spiro atoms. The normalized spacial score (nSPS) is 19.1. The van der Waals surface area contributed by atoms with Crippen molar-refractivity contribution in [3.8, 4) is 0 Å². The summed E-state index contributed by atoms with van der Waals surface area (Å²) in [4.78, 5) is 15.6. The molecule has 94 valence electrons. The van der Waals surface area contributed by atoms with Crippen LogP contribution in [0.15, 0.2) is 0 Å². The number of imidazole rings is 1. The lowest BCUT2D eigenvalue weighted by Crippen LogP contribution is -2.20. The maximum absolute atomic E-state index is 11.2. The maximum Gasteiger partial charge on any atom is 0.356 e. The van der Waals surface area contributed by atoms with Gasteiger partial charge in [0.15, 0.2) is 5.69 Å². The van der Waals surface area contributed by atoms with Crippen molar-refractivity contribution in [1.82, 2.24) is 9.55 Å². The molecule has 0 radical (unpaired) electrons. The molecule has 4 nitrogen and oxygen atoms in total. The lowest BCUT2D eigenvalue weighted by atomic mass is 9.99. The minimum absolute atomic E-state index is 0.284. The highest BCUT2D eigenvalue weighted by molar-refractivity contribution is 5.87. The lowest BCUT2D eigenvalue weighted by molar-refractivity contribution is 0.0689. The van der Waals surface area contributed by atoms with Gasteiger partial charge in [0.2, 0.25) is 0 Å². The number of aromatic nitrogens is 2. The van der Waals surface area contributed by atoms with E-state index in [1.165, 1.54) is 0 Å². The first-order chi connectivity index (χ1) is 8.19. The van der Waals surface area contributed by atoms with Gasteiger partial charge in [-0.05, 0) is 32.1 Å². The Morgan fingerprint density at radius 2 is 2.29 bits per heavy atom. The molecule has 17 heavy (non-hydrogen) atoms. The molecule has 0 fully saturated rings. The largest absolute Gasteiger partial charge is 0.476 e. The second kappa shape index (κ2) is 4.90. The summed E-state index contributed by atoms with van der Waals surface area (Å²) in [5.74, 6) is 0.0827. The van der Waals surface area contributed by atoms with Crippen molar-refractivity contribution in [2.45, 2.75) is 58.4 Å². The molecule has 0 saturated carbocycles. The van der Waals surface area contributed by atoms with Gasteiger partial charge in [0.05, 0.1) is 5.69 Å². The van der Waals surface area contributed by atoms with Crippen molar-refractivity contribution in [3.63, 3.8) is 0 Å². The highest BCUT2D eigenvalue weighted by Gasteiger charge is 2.27. The summed E-state index contributed by atoms with van der Waals surface area (Å²) < 4.78 is 2.20. The van der Waals surface area contributed by atoms with Crippen molar-refractivity contribution in [3.05, 3.63) is 17.2 Å². The number of aromatic carboxylic acids is 1. The van der Waals surface area contributed by atoms with Gasteiger partial charge < -0.3 is 9.67 Å². The predicted octanol–water partition coefficient (Wildman–Crippen LogP) is 2.82. The quantitative estimate of drug-likeness (QED) is 0.874. The number of hydrogen-bond donors (Lipinski definition) is 1. The Labute approximate surface area is 102 Å². The van der Waals surface area contributed by atoms with Crippen molar-refractivity contribution >= 4 is 5.97 Å². The molecule has 1 aromatic rings. The number of aryl methyl sites for hydroxylation is 1. The number of nitrogens with zero attached hydrogens (tertiary/aromatic N) is 2. The van der Waals surface area contributed by atoms with Crippen LogP contribution in [0.4, 0.5) is 0 Å². The van der Waals surface area contributed by atoms with Gasteiger partial charge in [-0.25, -0.2) is 9.78 Å². The zero-order valence-corrected chi connectivity index (χ0v) is 10.6. The molecular weight excluding hydrogens is 216 g/mol. The zero-order chi connectivity index (χ0) is 12.4. The molecule has 1 aliphatic rings. The second-order valence-electron chi connectivity index (χ2n) is 4.70. The number of carboxylic acids is 1. The number of carbonyl (C=O) groups is 1. The fourth-order valence-corrected chi connectivity index (χ4v) is 2.78. The summed E-state index contributed by atoms with van der Waals surface area (Å²) in [5, 5.41) is 9.21. The smallest absolute Gasteiger partial charge is 0.356 e. The second-order valence-corrected chi connectivity index (χ2v) is 4.70. The molecular formula is C13H20N2O2. The van der Waals surface area contributed by atoms with Crippen LogP contribution in [-0.2, 0) is 12.8 Å². The molecule has 0 aromatic carbocycles. The van der Waals surface area contributed by atoms with E-state index in [1.54, 1.807) is 0 Å². The fourth-order valence-electron chi connectivity index (χ4n) is 2.78. The zero-order valence-electron chi connectivity index (χ0n) is 10.6. The summed E-state index contributed by atoms with van der Waals surface area (Å²) in [7, 11) is 0. The van der Waals surface area contributed by atoms with E-state index in [9.17, 15) is 9.90 Å². The Hall–Kier alpha value is -1.32. The van der Waals surface area contributed by atoms with Gasteiger partial charge in [-0.2, -0.15) is 0 Å². The SMILES string of the molecule is CCCc1nc(C(=O)O)c2n1C(CC)CCC2. The van der Waals surface area contributed by atoms with E-state index < -0.39 is 5.97 Å². The van der Waals surface area contributed by atoms with Gasteiger partial charge in [0.25, 0.3) is 0 Å². The molecule has 2 heterocycles. The Morgan fingerprint density at radius 1 is 1.53 bits per heavy atom. The number of carboxylic acid groups (broad SMARTS) is 1. The fraction of sp³-hybridized carbons (Fsp3) is 0.692. The predicted molar refractivity (Wildman–Crippen MR) is 65.4 cm³/mol. The van der Waals surface area contributed by atoms with Crippen LogP contribution in [0.25, 0.3) is 0 Å². The molecule has 0 amide bonds. The van der Waals surface area contributed by atoms with Gasteiger partial charge in [0.1, 0.15) is 5.82 Å². The third kappa shape index (κ3) is 2.08. The lowest BCUT2D eigenvalue weighted by Gasteiger charge is -2.26. The Kier molecular flexibility index (Phi) is 3.50. The van der Waals surface area contributed by atoms with Crippen LogP contribution in [0, 0.1) is 0 Å². The van der Waals surface area contributed by atoms with Crippen molar-refractivity contribution in [1.29, 1.82) is 0 Å². The molecule has 1 N–H and O–H groups in total. The third-order valence-corrected chi connectivity index (χ3v) is 3.55. The summed E-state index contributed by atoms with van der Waals surface area (Å²) >= 11 is 0. The Morgan fingerprint density at radius 3 is 2.88 bits per heavy atom. The van der Waals surface area contributed by atoms with Crippen molar-refractivity contribution in [2.75, 3.05) is 0 Å². The van der Waals surface area contributed by atoms with E-state index in [2.05, 4.69) is 23.4 Å². The van der Waals surface area contributed by atoms with Gasteiger partial charge in [-0.1, -0.05) is 13.8 Å². The molecule has 0 saturated heterocycles. The van der Waals surface area contributed by atoms with E-state index in [1.807, 2.05) is 0 Å². The average Bonchev–Trinajstić information content (AvgIpc) is 2.69. The average molecular weight is 236 g/mol. The van der Waals surface area contributed by atoms with Crippen molar-refractivity contribution < 1.29 is 9.90 Å². The third-order valence-electron chi connectivity index (χ3n) is 3.55. The number of hydrogen-bond acceptors (Lipinski definition) is 2.